The first-order valence-corrected chi connectivity index (χ1v) is 4.55. The minimum atomic E-state index is 1.02. The van der Waals surface area contributed by atoms with E-state index in [-0.39, 0.29) is 0 Å². The van der Waals surface area contributed by atoms with Crippen LogP contribution in [0.15, 0.2) is 61.0 Å². The molecule has 0 bridgehead atoms. The molecule has 0 aliphatic heterocycles. The number of nitrogens with zero attached hydrogens (tertiary/aromatic N) is 1. The Bertz CT molecular complexity index is 292. The fourth-order valence-corrected chi connectivity index (χ4v) is 1.12. The second-order valence-electron chi connectivity index (χ2n) is 3.17. The molecule has 0 spiro atoms. The van der Waals surface area contributed by atoms with E-state index in [2.05, 4.69) is 19.7 Å². The van der Waals surface area contributed by atoms with E-state index in [4.69, 9.17) is 0 Å². The van der Waals surface area contributed by atoms with Crippen molar-refractivity contribution in [1.82, 2.24) is 4.90 Å². The summed E-state index contributed by atoms with van der Waals surface area (Å²) in [5.41, 5.74) is 3.24. The van der Waals surface area contributed by atoms with Gasteiger partial charge in [-0.25, -0.2) is 0 Å². The van der Waals surface area contributed by atoms with Gasteiger partial charge >= 0.3 is 0 Å². The minimum Gasteiger partial charge on any atom is -0.354 e. The standard InChI is InChI=1S/C13H19N/c1-7-9-10-14(6)12(5)13(8-2)11(3)4/h7-10H,1-3H2,4-6H3/b10-9-,13-12+. The molecule has 0 N–H and O–H groups in total. The lowest BCUT2D eigenvalue weighted by Gasteiger charge is -2.18. The monoisotopic (exact) mass is 189 g/mol. The minimum absolute atomic E-state index is 1.02. The Morgan fingerprint density at radius 1 is 1.21 bits per heavy atom. The van der Waals surface area contributed by atoms with E-state index in [0.717, 1.165) is 16.8 Å². The second-order valence-corrected chi connectivity index (χ2v) is 3.17. The highest BCUT2D eigenvalue weighted by Crippen LogP contribution is 2.16. The van der Waals surface area contributed by atoms with Gasteiger partial charge in [-0.2, -0.15) is 0 Å². The molecule has 0 heterocycles. The predicted octanol–water partition coefficient (Wildman–Crippen LogP) is 3.65. The van der Waals surface area contributed by atoms with Crippen molar-refractivity contribution in [3.05, 3.63) is 61.0 Å². The van der Waals surface area contributed by atoms with Crippen LogP contribution in [-0.4, -0.2) is 11.9 Å². The number of hydrogen-bond acceptors (Lipinski definition) is 1. The first kappa shape index (κ1) is 12.5. The van der Waals surface area contributed by atoms with Crippen LogP contribution < -0.4 is 0 Å². The molecule has 0 aromatic rings. The summed E-state index contributed by atoms with van der Waals surface area (Å²) in [6.45, 7) is 15.3. The molecule has 0 unspecified atom stereocenters. The summed E-state index contributed by atoms with van der Waals surface area (Å²) in [7, 11) is 1.99. The molecule has 0 rings (SSSR count). The van der Waals surface area contributed by atoms with Crippen molar-refractivity contribution in [3.8, 4) is 0 Å². The lowest BCUT2D eigenvalue weighted by molar-refractivity contribution is 0.565. The third kappa shape index (κ3) is 3.48. The van der Waals surface area contributed by atoms with Crippen molar-refractivity contribution >= 4 is 0 Å². The number of hydrogen-bond donors (Lipinski definition) is 0. The van der Waals surface area contributed by atoms with Crippen LogP contribution in [-0.2, 0) is 0 Å². The largest absolute Gasteiger partial charge is 0.354 e. The van der Waals surface area contributed by atoms with E-state index in [9.17, 15) is 0 Å². The van der Waals surface area contributed by atoms with Crippen LogP contribution in [0.1, 0.15) is 13.8 Å². The first-order chi connectivity index (χ1) is 6.54. The summed E-state index contributed by atoms with van der Waals surface area (Å²) in [6, 6.07) is 0. The van der Waals surface area contributed by atoms with E-state index < -0.39 is 0 Å². The van der Waals surface area contributed by atoms with Crippen LogP contribution in [0, 0.1) is 0 Å². The lowest BCUT2D eigenvalue weighted by atomic mass is 10.1. The highest BCUT2D eigenvalue weighted by molar-refractivity contribution is 5.39. The third-order valence-electron chi connectivity index (χ3n) is 2.03. The topological polar surface area (TPSA) is 3.24 Å². The van der Waals surface area contributed by atoms with Crippen LogP contribution in [0.3, 0.4) is 0 Å². The molecular weight excluding hydrogens is 170 g/mol. The average Bonchev–Trinajstić information content (AvgIpc) is 2.14. The molecule has 1 heteroatoms. The Balaban J connectivity index is 4.94. The summed E-state index contributed by atoms with van der Waals surface area (Å²) in [6.07, 6.45) is 7.42. The van der Waals surface area contributed by atoms with Crippen molar-refractivity contribution in [2.45, 2.75) is 13.8 Å². The zero-order chi connectivity index (χ0) is 11.1. The van der Waals surface area contributed by atoms with Crippen molar-refractivity contribution in [1.29, 1.82) is 0 Å². The average molecular weight is 189 g/mol. The molecule has 0 amide bonds. The van der Waals surface area contributed by atoms with Crippen LogP contribution in [0.5, 0.6) is 0 Å². The second kappa shape index (κ2) is 6.03. The van der Waals surface area contributed by atoms with Crippen LogP contribution in [0.25, 0.3) is 0 Å². The molecule has 76 valence electrons. The van der Waals surface area contributed by atoms with Gasteiger partial charge in [0.25, 0.3) is 0 Å². The van der Waals surface area contributed by atoms with Crippen molar-refractivity contribution in [2.75, 3.05) is 7.05 Å². The Morgan fingerprint density at radius 3 is 2.14 bits per heavy atom. The molecule has 0 saturated carbocycles. The lowest BCUT2D eigenvalue weighted by Crippen LogP contribution is -2.09. The van der Waals surface area contributed by atoms with Gasteiger partial charge in [0, 0.05) is 18.9 Å². The zero-order valence-corrected chi connectivity index (χ0v) is 9.38. The molecule has 0 radical (unpaired) electrons. The van der Waals surface area contributed by atoms with Gasteiger partial charge in [-0.15, -0.1) is 0 Å². The van der Waals surface area contributed by atoms with Gasteiger partial charge in [0.05, 0.1) is 0 Å². The summed E-state index contributed by atoms with van der Waals surface area (Å²) in [5, 5.41) is 0. The van der Waals surface area contributed by atoms with Gasteiger partial charge in [-0.05, 0) is 31.1 Å². The fourth-order valence-electron chi connectivity index (χ4n) is 1.12. The maximum atomic E-state index is 3.91. The van der Waals surface area contributed by atoms with E-state index in [0.29, 0.717) is 0 Å². The normalized spacial score (nSPS) is 12.2. The smallest absolute Gasteiger partial charge is 0.0214 e. The molecule has 0 aromatic carbocycles. The summed E-state index contributed by atoms with van der Waals surface area (Å²) >= 11 is 0. The SMILES string of the molecule is C=C/C=C\N(C)/C(C)=C(\C=C)C(=C)C. The molecule has 1 nitrogen and oxygen atoms in total. The molecule has 0 atom stereocenters. The van der Waals surface area contributed by atoms with Gasteiger partial charge in [0.2, 0.25) is 0 Å². The highest BCUT2D eigenvalue weighted by Gasteiger charge is 2.01. The summed E-state index contributed by atoms with van der Waals surface area (Å²) in [5.74, 6) is 0. The maximum absolute atomic E-state index is 3.91. The maximum Gasteiger partial charge on any atom is 0.0214 e. The van der Waals surface area contributed by atoms with Gasteiger partial charge in [-0.1, -0.05) is 31.9 Å². The highest BCUT2D eigenvalue weighted by atomic mass is 15.1. The molecule has 0 aliphatic rings. The summed E-state index contributed by atoms with van der Waals surface area (Å²) < 4.78 is 0. The molecule has 14 heavy (non-hydrogen) atoms. The van der Waals surface area contributed by atoms with Gasteiger partial charge in [0.1, 0.15) is 0 Å². The van der Waals surface area contributed by atoms with Gasteiger partial charge in [-0.3, -0.25) is 0 Å². The third-order valence-corrected chi connectivity index (χ3v) is 2.03. The van der Waals surface area contributed by atoms with Crippen molar-refractivity contribution in [2.24, 2.45) is 0 Å². The Kier molecular flexibility index (Phi) is 5.38. The van der Waals surface area contributed by atoms with E-state index in [1.807, 2.05) is 44.1 Å². The van der Waals surface area contributed by atoms with Gasteiger partial charge in [0.15, 0.2) is 0 Å². The molecular formula is C13H19N. The first-order valence-electron chi connectivity index (χ1n) is 4.55. The zero-order valence-electron chi connectivity index (χ0n) is 9.38. The molecule has 0 aliphatic carbocycles. The molecule has 0 fully saturated rings. The Morgan fingerprint density at radius 2 is 1.79 bits per heavy atom. The van der Waals surface area contributed by atoms with Crippen molar-refractivity contribution < 1.29 is 0 Å². The van der Waals surface area contributed by atoms with Crippen molar-refractivity contribution in [3.63, 3.8) is 0 Å². The van der Waals surface area contributed by atoms with Gasteiger partial charge < -0.3 is 4.90 Å². The van der Waals surface area contributed by atoms with E-state index in [1.165, 1.54) is 0 Å². The number of rotatable bonds is 5. The predicted molar refractivity (Wildman–Crippen MR) is 64.8 cm³/mol. The van der Waals surface area contributed by atoms with Crippen LogP contribution in [0.4, 0.5) is 0 Å². The summed E-state index contributed by atoms with van der Waals surface area (Å²) in [4.78, 5) is 2.02. The number of allylic oxidation sites excluding steroid dienone is 6. The van der Waals surface area contributed by atoms with Crippen LogP contribution in [0.2, 0.25) is 0 Å². The quantitative estimate of drug-likeness (QED) is 0.597. The van der Waals surface area contributed by atoms with Crippen LogP contribution >= 0.6 is 0 Å². The molecule has 0 aromatic heterocycles. The van der Waals surface area contributed by atoms with E-state index >= 15 is 0 Å². The van der Waals surface area contributed by atoms with E-state index in [1.54, 1.807) is 6.08 Å². The Hall–Kier alpha value is -1.50. The Labute approximate surface area is 87.4 Å². The fraction of sp³-hybridized carbons (Fsp3) is 0.231. The molecule has 0 saturated heterocycles.